The Morgan fingerprint density at radius 1 is 0.500 bits per heavy atom. The lowest BCUT2D eigenvalue weighted by Gasteiger charge is -2.35. The molecule has 0 saturated carbocycles. The second kappa shape index (κ2) is 13.5. The van der Waals surface area contributed by atoms with Crippen LogP contribution in [-0.2, 0) is 0 Å². The van der Waals surface area contributed by atoms with Crippen LogP contribution in [-0.4, -0.2) is 67.9 Å². The fourth-order valence-electron chi connectivity index (χ4n) is 6.20. The Hall–Kier alpha value is -3.03. The van der Waals surface area contributed by atoms with E-state index in [9.17, 15) is 4.79 Å². The van der Waals surface area contributed by atoms with Gasteiger partial charge in [0.05, 0.1) is 12.1 Å². The number of rotatable bonds is 8. The maximum Gasteiger partial charge on any atom is 0.193 e. The van der Waals surface area contributed by atoms with Crippen LogP contribution in [0.2, 0.25) is 10.0 Å². The predicted octanol–water partition coefficient (Wildman–Crippen LogP) is 6.21. The van der Waals surface area contributed by atoms with Gasteiger partial charge in [-0.2, -0.15) is 0 Å². The molecule has 2 N–H and O–H groups in total. The molecule has 2 heterocycles. The number of halogens is 2. The Balaban J connectivity index is 1.23. The molecule has 0 bridgehead atoms. The van der Waals surface area contributed by atoms with E-state index in [-0.39, 0.29) is 17.9 Å². The van der Waals surface area contributed by atoms with Crippen LogP contribution in [0.25, 0.3) is 0 Å². The molecular weight excluding hydrogens is 563 g/mol. The van der Waals surface area contributed by atoms with E-state index in [1.54, 1.807) is 0 Å². The first kappa shape index (κ1) is 29.1. The summed E-state index contributed by atoms with van der Waals surface area (Å²) in [4.78, 5) is 18.5. The average molecular weight is 600 g/mol. The monoisotopic (exact) mass is 598 g/mol. The number of ketones is 1. The molecule has 2 saturated heterocycles. The number of piperazine rings is 2. The van der Waals surface area contributed by atoms with Gasteiger partial charge < -0.3 is 10.6 Å². The van der Waals surface area contributed by atoms with Gasteiger partial charge in [0, 0.05) is 73.5 Å². The third-order valence-corrected chi connectivity index (χ3v) is 8.89. The lowest BCUT2D eigenvalue weighted by molar-refractivity contribution is 0.103. The number of hydrogen-bond acceptors (Lipinski definition) is 5. The van der Waals surface area contributed by atoms with E-state index in [2.05, 4.69) is 69.0 Å². The number of nitrogens with zero attached hydrogens (tertiary/aromatic N) is 2. The number of hydrogen-bond donors (Lipinski definition) is 2. The Kier molecular flexibility index (Phi) is 9.35. The van der Waals surface area contributed by atoms with E-state index in [0.717, 1.165) is 62.4 Å². The molecular formula is C35H36Cl2N4O. The third-order valence-electron chi connectivity index (χ3n) is 8.38. The van der Waals surface area contributed by atoms with Crippen molar-refractivity contribution in [2.75, 3.05) is 52.4 Å². The molecule has 216 valence electrons. The lowest BCUT2D eigenvalue weighted by Crippen LogP contribution is -2.45. The topological polar surface area (TPSA) is 47.6 Å². The van der Waals surface area contributed by atoms with Gasteiger partial charge in [-0.05, 0) is 46.5 Å². The first-order chi connectivity index (χ1) is 20.6. The maximum atomic E-state index is 13.6. The molecule has 4 aromatic carbocycles. The molecule has 42 heavy (non-hydrogen) atoms. The normalized spacial score (nSPS) is 18.0. The Morgan fingerprint density at radius 2 is 0.786 bits per heavy atom. The van der Waals surface area contributed by atoms with Crippen molar-refractivity contribution in [3.8, 4) is 0 Å². The van der Waals surface area contributed by atoms with Crippen molar-refractivity contribution >= 4 is 29.0 Å². The van der Waals surface area contributed by atoms with E-state index in [1.165, 1.54) is 22.3 Å². The molecule has 2 unspecified atom stereocenters. The molecule has 5 nitrogen and oxygen atoms in total. The van der Waals surface area contributed by atoms with Crippen LogP contribution >= 0.6 is 23.2 Å². The van der Waals surface area contributed by atoms with Gasteiger partial charge in [0.2, 0.25) is 0 Å². The summed E-state index contributed by atoms with van der Waals surface area (Å²) in [5.74, 6) is 0.0310. The highest BCUT2D eigenvalue weighted by atomic mass is 35.5. The van der Waals surface area contributed by atoms with Crippen LogP contribution in [0.3, 0.4) is 0 Å². The minimum Gasteiger partial charge on any atom is -0.314 e. The zero-order valence-electron chi connectivity index (χ0n) is 23.6. The Bertz CT molecular complexity index is 1350. The van der Waals surface area contributed by atoms with Gasteiger partial charge in [-0.25, -0.2) is 0 Å². The van der Waals surface area contributed by atoms with Gasteiger partial charge in [-0.1, -0.05) is 96.0 Å². The molecule has 6 rings (SSSR count). The van der Waals surface area contributed by atoms with Gasteiger partial charge >= 0.3 is 0 Å². The standard InChI is InChI=1S/C35H36Cl2N4O/c36-31-13-9-27(10-14-31)33(40-21-17-38-18-22-40)25-1-5-29(6-2-25)35(42)30-7-3-26(4-8-30)34(41-23-19-39-20-24-41)28-11-15-32(37)16-12-28/h1-16,33-34,38-39H,17-24H2. The van der Waals surface area contributed by atoms with Crippen molar-refractivity contribution in [2.45, 2.75) is 12.1 Å². The van der Waals surface area contributed by atoms with Gasteiger partial charge in [-0.3, -0.25) is 14.6 Å². The Labute approximate surface area is 258 Å². The highest BCUT2D eigenvalue weighted by molar-refractivity contribution is 6.30. The van der Waals surface area contributed by atoms with Crippen molar-refractivity contribution in [3.63, 3.8) is 0 Å². The first-order valence-corrected chi connectivity index (χ1v) is 15.5. The van der Waals surface area contributed by atoms with Crippen molar-refractivity contribution in [3.05, 3.63) is 140 Å². The minimum absolute atomic E-state index is 0.0310. The second-order valence-corrected chi connectivity index (χ2v) is 11.9. The largest absolute Gasteiger partial charge is 0.314 e. The Morgan fingerprint density at radius 3 is 1.10 bits per heavy atom. The van der Waals surface area contributed by atoms with Gasteiger partial charge in [0.15, 0.2) is 5.78 Å². The summed E-state index contributed by atoms with van der Waals surface area (Å²) < 4.78 is 0. The van der Waals surface area contributed by atoms with E-state index in [4.69, 9.17) is 23.2 Å². The average Bonchev–Trinajstić information content (AvgIpc) is 3.05. The molecule has 2 fully saturated rings. The fraction of sp³-hybridized carbons (Fsp3) is 0.286. The fourth-order valence-corrected chi connectivity index (χ4v) is 6.45. The molecule has 0 aliphatic carbocycles. The molecule has 2 atom stereocenters. The summed E-state index contributed by atoms with van der Waals surface area (Å²) in [6.07, 6.45) is 0. The van der Waals surface area contributed by atoms with Crippen LogP contribution in [0.15, 0.2) is 97.1 Å². The van der Waals surface area contributed by atoms with E-state index < -0.39 is 0 Å². The van der Waals surface area contributed by atoms with E-state index >= 15 is 0 Å². The van der Waals surface area contributed by atoms with Crippen LogP contribution in [0.4, 0.5) is 0 Å². The third kappa shape index (κ3) is 6.63. The molecule has 4 aromatic rings. The summed E-state index contributed by atoms with van der Waals surface area (Å²) in [5, 5.41) is 8.36. The summed E-state index contributed by atoms with van der Waals surface area (Å²) in [5.41, 5.74) is 6.14. The SMILES string of the molecule is O=C(c1ccc(C(c2ccc(Cl)cc2)N2CCNCC2)cc1)c1ccc(C(c2ccc(Cl)cc2)N2CCNCC2)cc1. The van der Waals surface area contributed by atoms with Crippen molar-refractivity contribution in [2.24, 2.45) is 0 Å². The van der Waals surface area contributed by atoms with Gasteiger partial charge in [0.25, 0.3) is 0 Å². The zero-order valence-corrected chi connectivity index (χ0v) is 25.1. The number of carbonyl (C=O) groups is 1. The molecule has 0 aromatic heterocycles. The number of carbonyl (C=O) groups excluding carboxylic acids is 1. The van der Waals surface area contributed by atoms with Crippen LogP contribution in [0.1, 0.15) is 50.3 Å². The predicted molar refractivity (Wildman–Crippen MR) is 172 cm³/mol. The lowest BCUT2D eigenvalue weighted by atomic mass is 9.92. The molecule has 0 radical (unpaired) electrons. The highest BCUT2D eigenvalue weighted by Gasteiger charge is 2.26. The minimum atomic E-state index is 0.0310. The quantitative estimate of drug-likeness (QED) is 0.236. The van der Waals surface area contributed by atoms with Crippen LogP contribution < -0.4 is 10.6 Å². The maximum absolute atomic E-state index is 13.6. The zero-order chi connectivity index (χ0) is 28.9. The summed E-state index contributed by atoms with van der Waals surface area (Å²) >= 11 is 12.4. The van der Waals surface area contributed by atoms with Crippen molar-refractivity contribution in [1.29, 1.82) is 0 Å². The van der Waals surface area contributed by atoms with Gasteiger partial charge in [0.1, 0.15) is 0 Å². The summed E-state index contributed by atoms with van der Waals surface area (Å²) in [6.45, 7) is 7.70. The summed E-state index contributed by atoms with van der Waals surface area (Å²) in [7, 11) is 0. The molecule has 0 amide bonds. The van der Waals surface area contributed by atoms with Crippen molar-refractivity contribution < 1.29 is 4.79 Å². The molecule has 2 aliphatic rings. The van der Waals surface area contributed by atoms with Crippen LogP contribution in [0.5, 0.6) is 0 Å². The molecule has 7 heteroatoms. The molecule has 0 spiro atoms. The number of benzene rings is 4. The first-order valence-electron chi connectivity index (χ1n) is 14.7. The van der Waals surface area contributed by atoms with Crippen molar-refractivity contribution in [1.82, 2.24) is 20.4 Å². The second-order valence-electron chi connectivity index (χ2n) is 11.1. The summed E-state index contributed by atoms with van der Waals surface area (Å²) in [6, 6.07) is 32.7. The smallest absolute Gasteiger partial charge is 0.193 e. The molecule has 2 aliphatic heterocycles. The van der Waals surface area contributed by atoms with E-state index in [1.807, 2.05) is 48.5 Å². The highest BCUT2D eigenvalue weighted by Crippen LogP contribution is 2.32. The van der Waals surface area contributed by atoms with Crippen LogP contribution in [0, 0.1) is 0 Å². The van der Waals surface area contributed by atoms with E-state index in [0.29, 0.717) is 11.1 Å². The number of nitrogens with one attached hydrogen (secondary N) is 2. The van der Waals surface area contributed by atoms with Gasteiger partial charge in [-0.15, -0.1) is 0 Å².